The van der Waals surface area contributed by atoms with Crippen molar-refractivity contribution in [3.63, 3.8) is 0 Å². The van der Waals surface area contributed by atoms with E-state index in [1.54, 1.807) is 24.3 Å². The van der Waals surface area contributed by atoms with E-state index in [1.807, 2.05) is 37.3 Å². The highest BCUT2D eigenvalue weighted by molar-refractivity contribution is 7.92. The number of carbonyl (C=O) groups is 2. The quantitative estimate of drug-likeness (QED) is 0.468. The monoisotopic (exact) mass is 482 g/mol. The zero-order valence-corrected chi connectivity index (χ0v) is 19.9. The molecule has 0 spiro atoms. The van der Waals surface area contributed by atoms with E-state index in [-0.39, 0.29) is 16.5 Å². The average Bonchev–Trinajstić information content (AvgIpc) is 2.87. The minimum Gasteiger partial charge on any atom is -0.495 e. The molecule has 0 aliphatic rings. The van der Waals surface area contributed by atoms with Crippen molar-refractivity contribution in [1.29, 1.82) is 0 Å². The highest BCUT2D eigenvalue weighted by Crippen LogP contribution is 2.30. The maximum atomic E-state index is 13.0. The molecule has 0 saturated carbocycles. The molecule has 0 aliphatic heterocycles. The van der Waals surface area contributed by atoms with Gasteiger partial charge < -0.3 is 14.8 Å². The Hall–Kier alpha value is -3.85. The number of nitrogens with zero attached hydrogens (tertiary/aromatic N) is 1. The van der Waals surface area contributed by atoms with Gasteiger partial charge in [0.25, 0.3) is 15.9 Å². The van der Waals surface area contributed by atoms with E-state index in [2.05, 4.69) is 5.32 Å². The Labute approximate surface area is 199 Å². The summed E-state index contributed by atoms with van der Waals surface area (Å²) in [6.45, 7) is 1.38. The lowest BCUT2D eigenvalue weighted by Gasteiger charge is -2.21. The summed E-state index contributed by atoms with van der Waals surface area (Å²) < 4.78 is 37.5. The van der Waals surface area contributed by atoms with Gasteiger partial charge in [0.1, 0.15) is 5.75 Å². The van der Waals surface area contributed by atoms with Crippen molar-refractivity contribution in [3.05, 3.63) is 90.0 Å². The van der Waals surface area contributed by atoms with Gasteiger partial charge in [0.05, 0.1) is 29.3 Å². The van der Waals surface area contributed by atoms with Crippen molar-refractivity contribution in [2.45, 2.75) is 17.9 Å². The number of para-hydroxylation sites is 2. The standard InChI is InChI=1S/C25H26N2O6S/c1-18(19-9-5-4-6-10-19)26-24(28)17-33-25(29)20-13-15-21(16-14-20)34(30,31)27(2)22-11-7-8-12-23(22)32-3/h4-16,18H,17H2,1-3H3,(H,26,28). The Balaban J connectivity index is 1.62. The molecular formula is C25H26N2O6S. The van der Waals surface area contributed by atoms with Gasteiger partial charge >= 0.3 is 5.97 Å². The van der Waals surface area contributed by atoms with E-state index in [0.717, 1.165) is 9.87 Å². The number of esters is 1. The molecule has 1 atom stereocenters. The van der Waals surface area contributed by atoms with Crippen LogP contribution in [0.4, 0.5) is 5.69 Å². The van der Waals surface area contributed by atoms with Crippen molar-refractivity contribution < 1.29 is 27.5 Å². The molecule has 0 aromatic heterocycles. The van der Waals surface area contributed by atoms with Crippen LogP contribution in [-0.2, 0) is 19.6 Å². The topological polar surface area (TPSA) is 102 Å². The van der Waals surface area contributed by atoms with Gasteiger partial charge in [-0.05, 0) is 48.9 Å². The summed E-state index contributed by atoms with van der Waals surface area (Å²) in [6, 6.07) is 21.2. The number of hydrogen-bond donors (Lipinski definition) is 1. The Bertz CT molecular complexity index is 1240. The number of ether oxygens (including phenoxy) is 2. The van der Waals surface area contributed by atoms with Gasteiger partial charge in [0.2, 0.25) is 0 Å². The lowest BCUT2D eigenvalue weighted by atomic mass is 10.1. The predicted octanol–water partition coefficient (Wildman–Crippen LogP) is 3.55. The number of carbonyl (C=O) groups excluding carboxylic acids is 2. The van der Waals surface area contributed by atoms with Crippen LogP contribution >= 0.6 is 0 Å². The summed E-state index contributed by atoms with van der Waals surface area (Å²) in [5.74, 6) is -0.763. The molecule has 1 unspecified atom stereocenters. The van der Waals surface area contributed by atoms with E-state index in [1.165, 1.54) is 38.4 Å². The molecule has 8 nitrogen and oxygen atoms in total. The van der Waals surface area contributed by atoms with Gasteiger partial charge in [-0.1, -0.05) is 42.5 Å². The summed E-state index contributed by atoms with van der Waals surface area (Å²) in [4.78, 5) is 24.4. The van der Waals surface area contributed by atoms with Crippen LogP contribution in [-0.4, -0.2) is 41.1 Å². The fourth-order valence-corrected chi connectivity index (χ4v) is 4.47. The molecule has 3 aromatic carbocycles. The Morgan fingerprint density at radius 1 is 0.941 bits per heavy atom. The second-order valence-corrected chi connectivity index (χ2v) is 9.41. The predicted molar refractivity (Wildman–Crippen MR) is 128 cm³/mol. The van der Waals surface area contributed by atoms with Crippen molar-refractivity contribution in [1.82, 2.24) is 5.32 Å². The summed E-state index contributed by atoms with van der Waals surface area (Å²) in [7, 11) is -1.01. The third-order valence-electron chi connectivity index (χ3n) is 5.18. The van der Waals surface area contributed by atoms with Gasteiger partial charge in [0, 0.05) is 7.05 Å². The first-order valence-corrected chi connectivity index (χ1v) is 11.9. The zero-order chi connectivity index (χ0) is 24.7. The second kappa shape index (κ2) is 10.8. The molecule has 0 saturated heterocycles. The van der Waals surface area contributed by atoms with Crippen LogP contribution in [0.25, 0.3) is 0 Å². The number of rotatable bonds is 9. The molecule has 3 aromatic rings. The second-order valence-electron chi connectivity index (χ2n) is 7.44. The van der Waals surface area contributed by atoms with Crippen LogP contribution in [0.1, 0.15) is 28.9 Å². The van der Waals surface area contributed by atoms with Gasteiger partial charge in [-0.15, -0.1) is 0 Å². The average molecular weight is 483 g/mol. The van der Waals surface area contributed by atoms with Crippen LogP contribution in [0.2, 0.25) is 0 Å². The molecular weight excluding hydrogens is 456 g/mol. The number of methoxy groups -OCH3 is 1. The molecule has 0 heterocycles. The van der Waals surface area contributed by atoms with E-state index in [4.69, 9.17) is 9.47 Å². The number of amides is 1. The summed E-state index contributed by atoms with van der Waals surface area (Å²) in [6.07, 6.45) is 0. The molecule has 1 N–H and O–H groups in total. The minimum atomic E-state index is -3.90. The van der Waals surface area contributed by atoms with Crippen LogP contribution in [0.5, 0.6) is 5.75 Å². The first kappa shape index (κ1) is 24.8. The fourth-order valence-electron chi connectivity index (χ4n) is 3.26. The SMILES string of the molecule is COc1ccccc1N(C)S(=O)(=O)c1ccc(C(=O)OCC(=O)NC(C)c2ccccc2)cc1. The molecule has 1 amide bonds. The third kappa shape index (κ3) is 5.74. The van der Waals surface area contributed by atoms with Crippen LogP contribution in [0.15, 0.2) is 83.8 Å². The number of nitrogens with one attached hydrogen (secondary N) is 1. The maximum absolute atomic E-state index is 13.0. The van der Waals surface area contributed by atoms with E-state index < -0.39 is 28.5 Å². The highest BCUT2D eigenvalue weighted by atomic mass is 32.2. The fraction of sp³-hybridized carbons (Fsp3) is 0.200. The lowest BCUT2D eigenvalue weighted by molar-refractivity contribution is -0.124. The molecule has 178 valence electrons. The van der Waals surface area contributed by atoms with Gasteiger partial charge in [-0.25, -0.2) is 13.2 Å². The Kier molecular flexibility index (Phi) is 7.91. The van der Waals surface area contributed by atoms with E-state index >= 15 is 0 Å². The largest absolute Gasteiger partial charge is 0.495 e. The molecule has 0 radical (unpaired) electrons. The number of sulfonamides is 1. The molecule has 0 aliphatic carbocycles. The maximum Gasteiger partial charge on any atom is 0.338 e. The molecule has 0 fully saturated rings. The van der Waals surface area contributed by atoms with E-state index in [9.17, 15) is 18.0 Å². The smallest absolute Gasteiger partial charge is 0.338 e. The van der Waals surface area contributed by atoms with Crippen molar-refractivity contribution in [2.75, 3.05) is 25.1 Å². The highest BCUT2D eigenvalue weighted by Gasteiger charge is 2.24. The van der Waals surface area contributed by atoms with E-state index in [0.29, 0.717) is 11.4 Å². The minimum absolute atomic E-state index is 0.00751. The number of anilines is 1. The van der Waals surface area contributed by atoms with Crippen LogP contribution in [0, 0.1) is 0 Å². The van der Waals surface area contributed by atoms with Crippen LogP contribution in [0.3, 0.4) is 0 Å². The lowest BCUT2D eigenvalue weighted by Crippen LogP contribution is -2.31. The van der Waals surface area contributed by atoms with Crippen molar-refractivity contribution >= 4 is 27.6 Å². The van der Waals surface area contributed by atoms with Gasteiger partial charge in [0.15, 0.2) is 6.61 Å². The summed E-state index contributed by atoms with van der Waals surface area (Å²) in [5.41, 5.74) is 1.43. The molecule has 9 heteroatoms. The van der Waals surface area contributed by atoms with Crippen molar-refractivity contribution in [3.8, 4) is 5.75 Å². The number of benzene rings is 3. The van der Waals surface area contributed by atoms with Gasteiger partial charge in [-0.2, -0.15) is 0 Å². The first-order chi connectivity index (χ1) is 16.2. The zero-order valence-electron chi connectivity index (χ0n) is 19.1. The molecule has 34 heavy (non-hydrogen) atoms. The Morgan fingerprint density at radius 2 is 1.56 bits per heavy atom. The Morgan fingerprint density at radius 3 is 2.21 bits per heavy atom. The first-order valence-electron chi connectivity index (χ1n) is 10.5. The number of hydrogen-bond acceptors (Lipinski definition) is 6. The van der Waals surface area contributed by atoms with Gasteiger partial charge in [-0.3, -0.25) is 9.10 Å². The summed E-state index contributed by atoms with van der Waals surface area (Å²) >= 11 is 0. The molecule has 3 rings (SSSR count). The molecule has 0 bridgehead atoms. The van der Waals surface area contributed by atoms with Crippen LogP contribution < -0.4 is 14.4 Å². The summed E-state index contributed by atoms with van der Waals surface area (Å²) in [5, 5.41) is 2.76. The van der Waals surface area contributed by atoms with Crippen molar-refractivity contribution in [2.24, 2.45) is 0 Å². The normalized spacial score (nSPS) is 11.9. The third-order valence-corrected chi connectivity index (χ3v) is 6.97.